The molecule has 0 aliphatic carbocycles. The molecule has 1 aromatic heterocycles. The number of hydrogen-bond acceptors (Lipinski definition) is 4. The van der Waals surface area contributed by atoms with Crippen molar-refractivity contribution in [2.75, 3.05) is 5.12 Å². The first-order valence-corrected chi connectivity index (χ1v) is 5.27. The quantitative estimate of drug-likeness (QED) is 0.538. The summed E-state index contributed by atoms with van der Waals surface area (Å²) in [5.74, 6) is 0. The van der Waals surface area contributed by atoms with Gasteiger partial charge in [-0.1, -0.05) is 22.0 Å². The van der Waals surface area contributed by atoms with Crippen LogP contribution in [0.2, 0.25) is 5.02 Å². The fourth-order valence-corrected chi connectivity index (χ4v) is 1.77. The monoisotopic (exact) mass is 249 g/mol. The molecular formula is C10H8ClN5O. The van der Waals surface area contributed by atoms with Crippen LogP contribution in [0.3, 0.4) is 0 Å². The number of imidazole rings is 1. The highest BCUT2D eigenvalue weighted by atomic mass is 35.5. The molecule has 1 N–H and O–H groups in total. The van der Waals surface area contributed by atoms with Crippen molar-refractivity contribution in [3.05, 3.63) is 57.7 Å². The Kier molecular flexibility index (Phi) is 2.15. The Morgan fingerprint density at radius 2 is 2.29 bits per heavy atom. The van der Waals surface area contributed by atoms with Gasteiger partial charge in [0.25, 0.3) is 5.36 Å². The second-order valence-electron chi connectivity index (χ2n) is 3.51. The van der Waals surface area contributed by atoms with Gasteiger partial charge in [0.05, 0.1) is 11.4 Å². The van der Waals surface area contributed by atoms with Crippen LogP contribution in [0.25, 0.3) is 6.20 Å². The first-order chi connectivity index (χ1) is 8.24. The predicted octanol–water partition coefficient (Wildman–Crippen LogP) is -0.665. The normalized spacial score (nSPS) is 13.9. The first-order valence-electron chi connectivity index (χ1n) is 4.89. The van der Waals surface area contributed by atoms with Crippen molar-refractivity contribution in [2.45, 2.75) is 0 Å². The van der Waals surface area contributed by atoms with Crippen LogP contribution in [-0.4, -0.2) is 9.66 Å². The van der Waals surface area contributed by atoms with Crippen LogP contribution in [0, 0.1) is 5.21 Å². The maximum atomic E-state index is 11.8. The van der Waals surface area contributed by atoms with Gasteiger partial charge >= 0.3 is 0 Å². The number of rotatable bonds is 1. The molecule has 0 amide bonds. The Balaban J connectivity index is 2.17. The number of nitrogens with one attached hydrogen (secondary N) is 1. The third kappa shape index (κ3) is 1.68. The van der Waals surface area contributed by atoms with Gasteiger partial charge in [0, 0.05) is 23.5 Å². The zero-order valence-electron chi connectivity index (χ0n) is 8.62. The van der Waals surface area contributed by atoms with Gasteiger partial charge in [-0.25, -0.2) is 9.66 Å². The van der Waals surface area contributed by atoms with Crippen LogP contribution in [0.15, 0.2) is 36.9 Å². The summed E-state index contributed by atoms with van der Waals surface area (Å²) >= 11 is 5.84. The Bertz CT molecular complexity index is 666. The minimum absolute atomic E-state index is 0.480. The van der Waals surface area contributed by atoms with Crippen molar-refractivity contribution in [2.24, 2.45) is 0 Å². The number of halogens is 1. The zero-order valence-corrected chi connectivity index (χ0v) is 9.37. The van der Waals surface area contributed by atoms with Gasteiger partial charge in [0.1, 0.15) is 6.33 Å². The molecule has 0 spiro atoms. The van der Waals surface area contributed by atoms with Gasteiger partial charge in [-0.15, -0.1) is 5.12 Å². The van der Waals surface area contributed by atoms with Gasteiger partial charge < -0.3 is 5.21 Å². The number of hydrogen-bond donors (Lipinski definition) is 1. The molecule has 1 aromatic carbocycles. The summed E-state index contributed by atoms with van der Waals surface area (Å²) < 4.78 is 1.64. The molecule has 86 valence electrons. The largest absolute Gasteiger partial charge is 0.594 e. The number of nitrogens with zero attached hydrogens (tertiary/aromatic N) is 4. The second-order valence-corrected chi connectivity index (χ2v) is 3.95. The van der Waals surface area contributed by atoms with Crippen LogP contribution < -0.4 is 26.1 Å². The summed E-state index contributed by atoms with van der Waals surface area (Å²) in [6, 6.07) is 5.13. The molecule has 2 heterocycles. The Hall–Kier alpha value is -2.21. The SMILES string of the molecule is [O-][N+]1=c2cc(Cl)ccc2=CN(n2ccnc2)N1. The van der Waals surface area contributed by atoms with Crippen LogP contribution in [-0.2, 0) is 0 Å². The van der Waals surface area contributed by atoms with E-state index in [4.69, 9.17) is 11.6 Å². The maximum absolute atomic E-state index is 11.8. The van der Waals surface area contributed by atoms with E-state index in [1.807, 2.05) is 0 Å². The third-order valence-electron chi connectivity index (χ3n) is 2.41. The van der Waals surface area contributed by atoms with Crippen molar-refractivity contribution < 1.29 is 0 Å². The zero-order chi connectivity index (χ0) is 11.8. The maximum Gasteiger partial charge on any atom is 0.254 e. The van der Waals surface area contributed by atoms with Gasteiger partial charge in [0.15, 0.2) is 0 Å². The molecule has 0 unspecified atom stereocenters. The Labute approximate surface area is 101 Å². The fraction of sp³-hybridized carbons (Fsp3) is 0. The van der Waals surface area contributed by atoms with Gasteiger partial charge in [0.2, 0.25) is 0 Å². The standard InChI is InChI=1S/C10H8ClN5O/c11-9-2-1-8-6-15(14-4-3-12-7-14)13-16(17)10(8)5-9/h1-7,13H. The van der Waals surface area contributed by atoms with Crippen LogP contribution >= 0.6 is 11.6 Å². The lowest BCUT2D eigenvalue weighted by Gasteiger charge is -2.22. The van der Waals surface area contributed by atoms with E-state index >= 15 is 0 Å². The predicted molar refractivity (Wildman–Crippen MR) is 63.4 cm³/mol. The molecular weight excluding hydrogens is 242 g/mol. The number of fused-ring (bicyclic) bond motifs is 1. The van der Waals surface area contributed by atoms with E-state index in [0.29, 0.717) is 15.2 Å². The highest BCUT2D eigenvalue weighted by Gasteiger charge is 2.12. The average Bonchev–Trinajstić information content (AvgIpc) is 2.83. The smallest absolute Gasteiger partial charge is 0.254 e. The summed E-state index contributed by atoms with van der Waals surface area (Å²) in [4.78, 5) is 4.57. The molecule has 1 aliphatic rings. The Morgan fingerprint density at radius 3 is 3.06 bits per heavy atom. The van der Waals surface area contributed by atoms with Crippen molar-refractivity contribution in [1.82, 2.24) is 20.0 Å². The highest BCUT2D eigenvalue weighted by Crippen LogP contribution is 2.00. The van der Waals surface area contributed by atoms with E-state index in [2.05, 4.69) is 10.5 Å². The van der Waals surface area contributed by atoms with Crippen molar-refractivity contribution >= 4 is 17.8 Å². The fourth-order valence-electron chi connectivity index (χ4n) is 1.61. The number of hydrazine groups is 2. The molecule has 0 saturated heterocycles. The van der Waals surface area contributed by atoms with E-state index in [1.54, 1.807) is 47.8 Å². The first kappa shape index (κ1) is 9.98. The number of benzene rings is 1. The molecule has 2 aromatic rings. The molecule has 3 rings (SSSR count). The van der Waals surface area contributed by atoms with Crippen LogP contribution in [0.1, 0.15) is 0 Å². The summed E-state index contributed by atoms with van der Waals surface area (Å²) in [7, 11) is 0. The third-order valence-corrected chi connectivity index (χ3v) is 2.64. The number of aromatic nitrogens is 2. The van der Waals surface area contributed by atoms with Crippen LogP contribution in [0.5, 0.6) is 0 Å². The molecule has 6 nitrogen and oxygen atoms in total. The molecule has 0 atom stereocenters. The van der Waals surface area contributed by atoms with E-state index in [0.717, 1.165) is 5.22 Å². The topological polar surface area (TPSA) is 59.2 Å². The van der Waals surface area contributed by atoms with Crippen molar-refractivity contribution in [1.29, 1.82) is 0 Å². The lowest BCUT2D eigenvalue weighted by Crippen LogP contribution is -2.59. The lowest BCUT2D eigenvalue weighted by molar-refractivity contribution is 0.456. The summed E-state index contributed by atoms with van der Waals surface area (Å²) in [6.07, 6.45) is 6.71. The molecule has 0 fully saturated rings. The second kappa shape index (κ2) is 3.67. The summed E-state index contributed by atoms with van der Waals surface area (Å²) in [5.41, 5.74) is 2.62. The van der Waals surface area contributed by atoms with E-state index in [9.17, 15) is 5.21 Å². The molecule has 17 heavy (non-hydrogen) atoms. The minimum Gasteiger partial charge on any atom is -0.594 e. The van der Waals surface area contributed by atoms with E-state index in [1.165, 1.54) is 5.12 Å². The lowest BCUT2D eigenvalue weighted by atomic mass is 10.3. The minimum atomic E-state index is 0.480. The highest BCUT2D eigenvalue weighted by molar-refractivity contribution is 6.30. The van der Waals surface area contributed by atoms with Crippen molar-refractivity contribution in [3.8, 4) is 0 Å². The summed E-state index contributed by atoms with van der Waals surface area (Å²) in [5, 5.41) is 15.1. The van der Waals surface area contributed by atoms with Gasteiger partial charge in [-0.05, 0) is 12.1 Å². The average molecular weight is 250 g/mol. The van der Waals surface area contributed by atoms with Gasteiger partial charge in [-0.3, -0.25) is 0 Å². The van der Waals surface area contributed by atoms with Crippen LogP contribution in [0.4, 0.5) is 0 Å². The molecule has 1 aliphatic heterocycles. The Morgan fingerprint density at radius 1 is 1.41 bits per heavy atom. The molecule has 0 bridgehead atoms. The molecule has 0 radical (unpaired) electrons. The van der Waals surface area contributed by atoms with Crippen molar-refractivity contribution in [3.63, 3.8) is 0 Å². The van der Waals surface area contributed by atoms with Gasteiger partial charge in [-0.2, -0.15) is 0 Å². The van der Waals surface area contributed by atoms with E-state index < -0.39 is 0 Å². The summed E-state index contributed by atoms with van der Waals surface area (Å²) in [6.45, 7) is 0. The molecule has 0 saturated carbocycles. The molecule has 7 heteroatoms. The van der Waals surface area contributed by atoms with E-state index in [-0.39, 0.29) is 0 Å².